The number of carbonyl (C=O) groups excluding carboxylic acids is 1. The molecule has 0 N–H and O–H groups in total. The number of hydrogen-bond donors (Lipinski definition) is 0. The van der Waals surface area contributed by atoms with Crippen molar-refractivity contribution in [2.75, 3.05) is 0 Å². The summed E-state index contributed by atoms with van der Waals surface area (Å²) in [5.41, 5.74) is 1.93. The highest BCUT2D eigenvalue weighted by molar-refractivity contribution is 5.75. The zero-order valence-electron chi connectivity index (χ0n) is 11.1. The van der Waals surface area contributed by atoms with E-state index in [2.05, 4.69) is 11.9 Å². The number of aldehydes is 1. The topological polar surface area (TPSA) is 48.0 Å². The number of rotatable bonds is 4. The van der Waals surface area contributed by atoms with E-state index in [1.54, 1.807) is 12.3 Å². The fourth-order valence-corrected chi connectivity index (χ4v) is 2.27. The molecule has 20 heavy (non-hydrogen) atoms. The minimum Gasteiger partial charge on any atom is -0.453 e. The minimum atomic E-state index is 0.330. The Hall–Kier alpha value is -2.62. The van der Waals surface area contributed by atoms with Gasteiger partial charge in [0.25, 0.3) is 0 Å². The lowest BCUT2D eigenvalue weighted by molar-refractivity contribution is 0.110. The van der Waals surface area contributed by atoms with Gasteiger partial charge in [-0.15, -0.1) is 0 Å². The van der Waals surface area contributed by atoms with Crippen molar-refractivity contribution in [3.63, 3.8) is 0 Å². The minimum absolute atomic E-state index is 0.330. The fourth-order valence-electron chi connectivity index (χ4n) is 2.27. The van der Waals surface area contributed by atoms with Crippen molar-refractivity contribution in [3.8, 4) is 17.0 Å². The van der Waals surface area contributed by atoms with Crippen LogP contribution in [0.1, 0.15) is 23.3 Å². The molecule has 0 atom stereocenters. The molecule has 0 spiro atoms. The number of aromatic nitrogens is 2. The van der Waals surface area contributed by atoms with E-state index in [0.29, 0.717) is 17.8 Å². The fraction of sp³-hybridized carbons (Fsp3) is 0.125. The van der Waals surface area contributed by atoms with Crippen LogP contribution in [0.25, 0.3) is 17.0 Å². The van der Waals surface area contributed by atoms with Crippen LogP contribution >= 0.6 is 0 Å². The van der Waals surface area contributed by atoms with Gasteiger partial charge in [0.1, 0.15) is 11.6 Å². The van der Waals surface area contributed by atoms with Crippen molar-refractivity contribution in [2.24, 2.45) is 0 Å². The van der Waals surface area contributed by atoms with Gasteiger partial charge in [-0.3, -0.25) is 4.79 Å². The second-order valence-corrected chi connectivity index (χ2v) is 4.40. The summed E-state index contributed by atoms with van der Waals surface area (Å²) < 4.78 is 7.57. The molecule has 0 aliphatic rings. The molecule has 0 bridgehead atoms. The number of nitrogens with zero attached hydrogens (tertiary/aromatic N) is 2. The van der Waals surface area contributed by atoms with Crippen molar-refractivity contribution in [3.05, 3.63) is 60.4 Å². The van der Waals surface area contributed by atoms with E-state index in [4.69, 9.17) is 4.42 Å². The van der Waals surface area contributed by atoms with E-state index in [-0.39, 0.29) is 0 Å². The summed E-state index contributed by atoms with van der Waals surface area (Å²) in [5, 5.41) is 0. The molecule has 100 valence electrons. The van der Waals surface area contributed by atoms with Crippen molar-refractivity contribution in [2.45, 2.75) is 13.3 Å². The highest BCUT2D eigenvalue weighted by atomic mass is 16.3. The molecule has 1 aromatic carbocycles. The Morgan fingerprint density at radius 1 is 1.25 bits per heavy atom. The first kappa shape index (κ1) is 12.4. The van der Waals surface area contributed by atoms with Crippen LogP contribution < -0.4 is 0 Å². The summed E-state index contributed by atoms with van der Waals surface area (Å²) in [5.74, 6) is 1.99. The molecule has 0 aliphatic carbocycles. The van der Waals surface area contributed by atoms with Crippen molar-refractivity contribution < 1.29 is 9.21 Å². The van der Waals surface area contributed by atoms with Crippen molar-refractivity contribution in [1.29, 1.82) is 0 Å². The number of carbonyl (C=O) groups is 1. The zero-order chi connectivity index (χ0) is 13.9. The second-order valence-electron chi connectivity index (χ2n) is 4.40. The first-order chi connectivity index (χ1) is 9.83. The molecule has 0 saturated carbocycles. The summed E-state index contributed by atoms with van der Waals surface area (Å²) in [4.78, 5) is 15.1. The molecule has 3 aromatic rings. The Morgan fingerprint density at radius 3 is 2.85 bits per heavy atom. The maximum absolute atomic E-state index is 10.8. The lowest BCUT2D eigenvalue weighted by Crippen LogP contribution is -2.00. The van der Waals surface area contributed by atoms with E-state index in [1.165, 1.54) is 0 Å². The maximum Gasteiger partial charge on any atom is 0.185 e. The predicted octanol–water partition coefficient (Wildman–Crippen LogP) is 3.51. The number of hydrogen-bond acceptors (Lipinski definition) is 3. The Balaban J connectivity index is 2.15. The normalized spacial score (nSPS) is 10.7. The van der Waals surface area contributed by atoms with Gasteiger partial charge >= 0.3 is 0 Å². The van der Waals surface area contributed by atoms with Crippen LogP contribution in [0.15, 0.2) is 53.2 Å². The van der Waals surface area contributed by atoms with Crippen LogP contribution in [0.4, 0.5) is 0 Å². The standard InChI is InChI=1S/C16H14N2O2/c1-2-16-17-9-10-18(16)14-6-4-3-5-13(14)15-8-7-12(11-19)20-15/h3-11H,2H2,1H3. The van der Waals surface area contributed by atoms with Gasteiger partial charge in [-0.1, -0.05) is 19.1 Å². The van der Waals surface area contributed by atoms with E-state index in [9.17, 15) is 4.79 Å². The van der Waals surface area contributed by atoms with Gasteiger partial charge < -0.3 is 8.98 Å². The number of imidazole rings is 1. The highest BCUT2D eigenvalue weighted by Crippen LogP contribution is 2.28. The lowest BCUT2D eigenvalue weighted by Gasteiger charge is -2.10. The Bertz CT molecular complexity index is 740. The van der Waals surface area contributed by atoms with Gasteiger partial charge in [-0.05, 0) is 24.3 Å². The summed E-state index contributed by atoms with van der Waals surface area (Å²) in [7, 11) is 0. The van der Waals surface area contributed by atoms with Gasteiger partial charge in [0, 0.05) is 24.4 Å². The third-order valence-electron chi connectivity index (χ3n) is 3.21. The van der Waals surface area contributed by atoms with Crippen LogP contribution in [0.5, 0.6) is 0 Å². The molecule has 3 rings (SSSR count). The first-order valence-corrected chi connectivity index (χ1v) is 6.50. The van der Waals surface area contributed by atoms with Gasteiger partial charge in [-0.2, -0.15) is 0 Å². The SMILES string of the molecule is CCc1nccn1-c1ccccc1-c1ccc(C=O)o1. The van der Waals surface area contributed by atoms with Crippen molar-refractivity contribution in [1.82, 2.24) is 9.55 Å². The first-order valence-electron chi connectivity index (χ1n) is 6.50. The summed E-state index contributed by atoms with van der Waals surface area (Å²) in [6.45, 7) is 2.07. The monoisotopic (exact) mass is 266 g/mol. The van der Waals surface area contributed by atoms with Crippen LogP contribution in [-0.4, -0.2) is 15.8 Å². The molecular weight excluding hydrogens is 252 g/mol. The quantitative estimate of drug-likeness (QED) is 0.679. The summed E-state index contributed by atoms with van der Waals surface area (Å²) in [6.07, 6.45) is 5.27. The Labute approximate surface area is 116 Å². The van der Waals surface area contributed by atoms with Crippen molar-refractivity contribution >= 4 is 6.29 Å². The number of para-hydroxylation sites is 1. The van der Waals surface area contributed by atoms with Crippen LogP contribution in [0.2, 0.25) is 0 Å². The maximum atomic E-state index is 10.8. The molecule has 2 heterocycles. The number of furan rings is 1. The molecule has 0 aliphatic heterocycles. The second kappa shape index (κ2) is 5.17. The van der Waals surface area contributed by atoms with E-state index >= 15 is 0 Å². The van der Waals surface area contributed by atoms with Crippen LogP contribution in [0.3, 0.4) is 0 Å². The smallest absolute Gasteiger partial charge is 0.185 e. The van der Waals surface area contributed by atoms with E-state index in [1.807, 2.05) is 41.1 Å². The molecule has 4 heteroatoms. The van der Waals surface area contributed by atoms with Gasteiger partial charge in [0.05, 0.1) is 5.69 Å². The predicted molar refractivity (Wildman–Crippen MR) is 76.0 cm³/mol. The average molecular weight is 266 g/mol. The molecule has 4 nitrogen and oxygen atoms in total. The van der Waals surface area contributed by atoms with Crippen LogP contribution in [0, 0.1) is 0 Å². The number of aryl methyl sites for hydroxylation is 1. The van der Waals surface area contributed by atoms with Gasteiger partial charge in [-0.25, -0.2) is 4.98 Å². The molecule has 0 radical (unpaired) electrons. The largest absolute Gasteiger partial charge is 0.453 e. The van der Waals surface area contributed by atoms with E-state index in [0.717, 1.165) is 23.5 Å². The Morgan fingerprint density at radius 2 is 2.10 bits per heavy atom. The van der Waals surface area contributed by atoms with Gasteiger partial charge in [0.15, 0.2) is 12.0 Å². The van der Waals surface area contributed by atoms with Crippen LogP contribution in [-0.2, 0) is 6.42 Å². The third-order valence-corrected chi connectivity index (χ3v) is 3.21. The summed E-state index contributed by atoms with van der Waals surface area (Å²) >= 11 is 0. The molecule has 0 amide bonds. The summed E-state index contributed by atoms with van der Waals surface area (Å²) in [6, 6.07) is 11.4. The molecular formula is C16H14N2O2. The Kier molecular flexibility index (Phi) is 3.21. The molecule has 0 unspecified atom stereocenters. The molecule has 2 aromatic heterocycles. The molecule has 0 saturated heterocycles. The van der Waals surface area contributed by atoms with E-state index < -0.39 is 0 Å². The lowest BCUT2D eigenvalue weighted by atomic mass is 10.1. The molecule has 0 fully saturated rings. The van der Waals surface area contributed by atoms with Gasteiger partial charge in [0.2, 0.25) is 0 Å². The average Bonchev–Trinajstić information content (AvgIpc) is 3.15. The zero-order valence-corrected chi connectivity index (χ0v) is 11.1. The highest BCUT2D eigenvalue weighted by Gasteiger charge is 2.12. The number of benzene rings is 1. The third kappa shape index (κ3) is 2.05.